The number of hydrogen-bond donors (Lipinski definition) is 2. The second-order valence-corrected chi connectivity index (χ2v) is 9.84. The molecule has 5 nitrogen and oxygen atoms in total. The maximum atomic E-state index is 11.2. The van der Waals surface area contributed by atoms with E-state index in [0.717, 1.165) is 42.7 Å². The maximum absolute atomic E-state index is 11.2. The SMILES string of the molecule is CCn1c(O)c2c(c1O)C1(CCN([C@@H]3CCCc4ccccc43)CC1)N(c1ccccc1)C2. The third-order valence-corrected chi connectivity index (χ3v) is 8.39. The molecule has 0 unspecified atom stereocenters. The monoisotopic (exact) mass is 443 g/mol. The van der Waals surface area contributed by atoms with Crippen molar-refractivity contribution in [1.29, 1.82) is 0 Å². The Hall–Kier alpha value is -2.92. The van der Waals surface area contributed by atoms with Crippen molar-refractivity contribution >= 4 is 5.69 Å². The molecule has 0 radical (unpaired) electrons. The summed E-state index contributed by atoms with van der Waals surface area (Å²) in [4.78, 5) is 5.10. The van der Waals surface area contributed by atoms with Crippen LogP contribution in [-0.4, -0.2) is 32.8 Å². The van der Waals surface area contributed by atoms with Gasteiger partial charge in [0.25, 0.3) is 0 Å². The van der Waals surface area contributed by atoms with Crippen LogP contribution in [0.2, 0.25) is 0 Å². The quantitative estimate of drug-likeness (QED) is 0.576. The number of aromatic nitrogens is 1. The summed E-state index contributed by atoms with van der Waals surface area (Å²) in [6, 6.07) is 19.9. The third kappa shape index (κ3) is 3.02. The second-order valence-electron chi connectivity index (χ2n) is 9.84. The van der Waals surface area contributed by atoms with Gasteiger partial charge < -0.3 is 15.1 Å². The molecule has 0 amide bonds. The van der Waals surface area contributed by atoms with Gasteiger partial charge in [0, 0.05) is 49.0 Å². The van der Waals surface area contributed by atoms with Crippen LogP contribution in [0.1, 0.15) is 60.9 Å². The van der Waals surface area contributed by atoms with Gasteiger partial charge in [-0.1, -0.05) is 42.5 Å². The highest BCUT2D eigenvalue weighted by Crippen LogP contribution is 2.56. The molecule has 1 saturated heterocycles. The highest BCUT2D eigenvalue weighted by atomic mass is 16.3. The minimum absolute atomic E-state index is 0.228. The number of nitrogens with zero attached hydrogens (tertiary/aromatic N) is 3. The topological polar surface area (TPSA) is 51.9 Å². The highest BCUT2D eigenvalue weighted by molar-refractivity contribution is 5.64. The van der Waals surface area contributed by atoms with Crippen LogP contribution in [0.3, 0.4) is 0 Å². The van der Waals surface area contributed by atoms with Crippen LogP contribution in [0.25, 0.3) is 0 Å². The van der Waals surface area contributed by atoms with Crippen LogP contribution in [0, 0.1) is 0 Å². The van der Waals surface area contributed by atoms with E-state index in [1.54, 1.807) is 4.57 Å². The summed E-state index contributed by atoms with van der Waals surface area (Å²) in [5.74, 6) is 0.478. The number of benzene rings is 2. The van der Waals surface area contributed by atoms with E-state index in [1.807, 2.05) is 13.0 Å². The van der Waals surface area contributed by atoms with E-state index in [1.165, 1.54) is 30.4 Å². The second kappa shape index (κ2) is 7.84. The number of fused-ring (bicyclic) bond motifs is 3. The maximum Gasteiger partial charge on any atom is 0.199 e. The summed E-state index contributed by atoms with van der Waals surface area (Å²) in [6.45, 7) is 5.15. The van der Waals surface area contributed by atoms with Crippen molar-refractivity contribution in [1.82, 2.24) is 9.47 Å². The Morgan fingerprint density at radius 1 is 0.939 bits per heavy atom. The lowest BCUT2D eigenvalue weighted by atomic mass is 9.79. The Kier molecular flexibility index (Phi) is 4.91. The van der Waals surface area contributed by atoms with Crippen molar-refractivity contribution in [3.8, 4) is 11.8 Å². The van der Waals surface area contributed by atoms with E-state index in [9.17, 15) is 10.2 Å². The van der Waals surface area contributed by atoms with Gasteiger partial charge in [0.15, 0.2) is 11.8 Å². The molecule has 1 aliphatic carbocycles. The van der Waals surface area contributed by atoms with Crippen molar-refractivity contribution in [3.05, 3.63) is 76.9 Å². The molecular weight excluding hydrogens is 410 g/mol. The third-order valence-electron chi connectivity index (χ3n) is 8.39. The lowest BCUT2D eigenvalue weighted by Gasteiger charge is -2.49. The Balaban J connectivity index is 1.37. The summed E-state index contributed by atoms with van der Waals surface area (Å²) < 4.78 is 1.67. The zero-order chi connectivity index (χ0) is 22.6. The fraction of sp³-hybridized carbons (Fsp3) is 0.429. The van der Waals surface area contributed by atoms with Crippen molar-refractivity contribution in [2.24, 2.45) is 0 Å². The first-order chi connectivity index (χ1) is 16.1. The van der Waals surface area contributed by atoms with Gasteiger partial charge in [-0.15, -0.1) is 0 Å². The fourth-order valence-electron chi connectivity index (χ4n) is 6.81. The van der Waals surface area contributed by atoms with Crippen molar-refractivity contribution < 1.29 is 10.2 Å². The number of aromatic hydroxyl groups is 2. The van der Waals surface area contributed by atoms with Gasteiger partial charge in [-0.3, -0.25) is 9.47 Å². The van der Waals surface area contributed by atoms with Gasteiger partial charge in [0.1, 0.15) is 0 Å². The number of anilines is 1. The van der Waals surface area contributed by atoms with Gasteiger partial charge in [0.2, 0.25) is 0 Å². The largest absolute Gasteiger partial charge is 0.494 e. The van der Waals surface area contributed by atoms with E-state index in [4.69, 9.17) is 0 Å². The van der Waals surface area contributed by atoms with Gasteiger partial charge in [-0.25, -0.2) is 0 Å². The molecule has 3 heterocycles. The van der Waals surface area contributed by atoms with Gasteiger partial charge >= 0.3 is 0 Å². The molecular formula is C28H33N3O2. The number of hydrogen-bond acceptors (Lipinski definition) is 4. The van der Waals surface area contributed by atoms with E-state index >= 15 is 0 Å². The molecule has 0 saturated carbocycles. The molecule has 6 rings (SSSR count). The predicted molar refractivity (Wildman–Crippen MR) is 131 cm³/mol. The molecule has 172 valence electrons. The normalized spacial score (nSPS) is 21.8. The van der Waals surface area contributed by atoms with Crippen LogP contribution in [-0.2, 0) is 25.0 Å². The average molecular weight is 444 g/mol. The van der Waals surface area contributed by atoms with Crippen molar-refractivity contribution in [3.63, 3.8) is 0 Å². The molecule has 1 atom stereocenters. The summed E-state index contributed by atoms with van der Waals surface area (Å²) in [6.07, 6.45) is 5.53. The number of para-hydroxylation sites is 1. The standard InChI is InChI=1S/C28H33N3O2/c1-2-30-26(32)23-19-31(21-11-4-3-5-12-21)28(25(23)27(30)33)15-17-29(18-16-28)24-14-8-10-20-9-6-7-13-22(20)24/h3-7,9,11-13,24,32-33H,2,8,10,14-19H2,1H3/t24-/m1/s1. The van der Waals surface area contributed by atoms with Gasteiger partial charge in [-0.2, -0.15) is 0 Å². The summed E-state index contributed by atoms with van der Waals surface area (Å²) in [5, 5.41) is 22.2. The first-order valence-electron chi connectivity index (χ1n) is 12.4. The number of aryl methyl sites for hydroxylation is 1. The van der Waals surface area contributed by atoms with Crippen LogP contribution >= 0.6 is 0 Å². The first-order valence-corrected chi connectivity index (χ1v) is 12.4. The molecule has 5 heteroatoms. The lowest BCUT2D eigenvalue weighted by molar-refractivity contribution is 0.103. The molecule has 1 aromatic heterocycles. The molecule has 3 aromatic rings. The van der Waals surface area contributed by atoms with Crippen LogP contribution in [0.4, 0.5) is 5.69 Å². The zero-order valence-corrected chi connectivity index (χ0v) is 19.4. The molecule has 1 spiro atoms. The fourth-order valence-corrected chi connectivity index (χ4v) is 6.81. The van der Waals surface area contributed by atoms with Crippen molar-refractivity contribution in [2.75, 3.05) is 18.0 Å². The van der Waals surface area contributed by atoms with Crippen molar-refractivity contribution in [2.45, 2.75) is 63.7 Å². The Labute approximate surface area is 195 Å². The van der Waals surface area contributed by atoms with Crippen LogP contribution < -0.4 is 4.90 Å². The molecule has 0 bridgehead atoms. The Morgan fingerprint density at radius 3 is 2.42 bits per heavy atom. The highest BCUT2D eigenvalue weighted by Gasteiger charge is 2.52. The van der Waals surface area contributed by atoms with Crippen LogP contribution in [0.5, 0.6) is 11.8 Å². The average Bonchev–Trinajstić information content (AvgIpc) is 3.31. The number of piperidine rings is 1. The van der Waals surface area contributed by atoms with E-state index in [-0.39, 0.29) is 17.3 Å². The Bertz CT molecular complexity index is 1160. The summed E-state index contributed by atoms with van der Waals surface area (Å²) in [5.41, 5.74) is 5.73. The van der Waals surface area contributed by atoms with E-state index in [2.05, 4.69) is 58.3 Å². The Morgan fingerprint density at radius 2 is 1.67 bits per heavy atom. The van der Waals surface area contributed by atoms with Gasteiger partial charge in [0.05, 0.1) is 5.54 Å². The van der Waals surface area contributed by atoms with E-state index in [0.29, 0.717) is 19.1 Å². The number of likely N-dealkylation sites (tertiary alicyclic amines) is 1. The summed E-state index contributed by atoms with van der Waals surface area (Å²) >= 11 is 0. The molecule has 2 aromatic carbocycles. The van der Waals surface area contributed by atoms with Crippen LogP contribution in [0.15, 0.2) is 54.6 Å². The first kappa shape index (κ1) is 20.7. The molecule has 33 heavy (non-hydrogen) atoms. The molecule has 3 aliphatic rings. The van der Waals surface area contributed by atoms with Gasteiger partial charge in [-0.05, 0) is 62.3 Å². The summed E-state index contributed by atoms with van der Waals surface area (Å²) in [7, 11) is 0. The predicted octanol–water partition coefficient (Wildman–Crippen LogP) is 5.31. The minimum atomic E-state index is -0.288. The minimum Gasteiger partial charge on any atom is -0.494 e. The molecule has 2 N–H and O–H groups in total. The molecule has 2 aliphatic heterocycles. The number of rotatable bonds is 3. The van der Waals surface area contributed by atoms with E-state index < -0.39 is 0 Å². The zero-order valence-electron chi connectivity index (χ0n) is 19.4. The molecule has 1 fully saturated rings. The lowest BCUT2D eigenvalue weighted by Crippen LogP contribution is -2.51. The smallest absolute Gasteiger partial charge is 0.199 e.